The van der Waals surface area contributed by atoms with Crippen LogP contribution in [-0.4, -0.2) is 18.5 Å². The van der Waals surface area contributed by atoms with Crippen LogP contribution < -0.4 is 4.90 Å². The molecule has 0 bridgehead atoms. The monoisotopic (exact) mass is 321 g/mol. The first kappa shape index (κ1) is 17.0. The highest BCUT2D eigenvalue weighted by Gasteiger charge is 2.36. The van der Waals surface area contributed by atoms with Gasteiger partial charge in [0, 0.05) is 19.7 Å². The van der Waals surface area contributed by atoms with Crippen molar-refractivity contribution in [1.82, 2.24) is 0 Å². The molecule has 114 valence electrons. The van der Waals surface area contributed by atoms with Gasteiger partial charge < -0.3 is 4.90 Å². The third kappa shape index (κ3) is 3.98. The number of nitro groups is 1. The zero-order valence-corrected chi connectivity index (χ0v) is 11.9. The molecular weight excluding hydrogens is 311 g/mol. The Morgan fingerprint density at radius 1 is 1.52 bits per heavy atom. The molecule has 9 heteroatoms. The highest BCUT2D eigenvalue weighted by Crippen LogP contribution is 2.41. The van der Waals surface area contributed by atoms with Crippen LogP contribution in [0.3, 0.4) is 0 Å². The Bertz CT molecular complexity index is 599. The molecule has 1 aromatic carbocycles. The Morgan fingerprint density at radius 2 is 2.10 bits per heavy atom. The second-order valence-corrected chi connectivity index (χ2v) is 4.89. The minimum absolute atomic E-state index is 0.0694. The first-order valence-corrected chi connectivity index (χ1v) is 6.11. The van der Waals surface area contributed by atoms with Gasteiger partial charge in [0.2, 0.25) is 0 Å². The third-order valence-electron chi connectivity index (χ3n) is 2.75. The van der Waals surface area contributed by atoms with E-state index in [2.05, 4.69) is 0 Å². The number of rotatable bonds is 4. The number of nitro benzene ring substituents is 1. The summed E-state index contributed by atoms with van der Waals surface area (Å²) in [7, 11) is 1.44. The van der Waals surface area contributed by atoms with Gasteiger partial charge >= 0.3 is 6.18 Å². The van der Waals surface area contributed by atoms with Crippen molar-refractivity contribution in [3.8, 4) is 6.07 Å². The van der Waals surface area contributed by atoms with Crippen LogP contribution >= 0.6 is 11.6 Å². The van der Waals surface area contributed by atoms with Crippen LogP contribution in [0, 0.1) is 27.4 Å². The SMILES string of the molecule is C[C@H](C#N)CN(C)c1cc(Cl)c(C(F)(F)F)cc1[N+](=O)[O-]. The fourth-order valence-corrected chi connectivity index (χ4v) is 2.04. The Balaban J connectivity index is 3.37. The molecule has 5 nitrogen and oxygen atoms in total. The average molecular weight is 322 g/mol. The summed E-state index contributed by atoms with van der Waals surface area (Å²) in [5.74, 6) is -0.448. The molecule has 0 fully saturated rings. The predicted octanol–water partition coefficient (Wildman–Crippen LogP) is 3.86. The Kier molecular flexibility index (Phi) is 5.01. The molecule has 0 saturated heterocycles. The Morgan fingerprint density at radius 3 is 2.52 bits per heavy atom. The van der Waals surface area contributed by atoms with E-state index in [0.717, 1.165) is 6.07 Å². The molecule has 1 atom stereocenters. The number of hydrogen-bond donors (Lipinski definition) is 0. The van der Waals surface area contributed by atoms with Crippen LogP contribution in [0.2, 0.25) is 5.02 Å². The maximum Gasteiger partial charge on any atom is 0.418 e. The molecule has 0 heterocycles. The number of hydrogen-bond acceptors (Lipinski definition) is 4. The highest BCUT2D eigenvalue weighted by atomic mass is 35.5. The number of alkyl halides is 3. The van der Waals surface area contributed by atoms with Crippen LogP contribution in [0.25, 0.3) is 0 Å². The third-order valence-corrected chi connectivity index (χ3v) is 3.06. The normalized spacial score (nSPS) is 12.6. The Labute approximate surface area is 123 Å². The lowest BCUT2D eigenvalue weighted by Gasteiger charge is -2.21. The van der Waals surface area contributed by atoms with Crippen molar-refractivity contribution in [2.75, 3.05) is 18.5 Å². The van der Waals surface area contributed by atoms with Gasteiger partial charge in [-0.25, -0.2) is 0 Å². The van der Waals surface area contributed by atoms with E-state index in [9.17, 15) is 23.3 Å². The van der Waals surface area contributed by atoms with Crippen molar-refractivity contribution in [1.29, 1.82) is 5.26 Å². The molecule has 0 aromatic heterocycles. The minimum Gasteiger partial charge on any atom is -0.368 e. The van der Waals surface area contributed by atoms with Gasteiger partial charge in [-0.15, -0.1) is 0 Å². The van der Waals surface area contributed by atoms with Gasteiger partial charge in [0.25, 0.3) is 5.69 Å². The molecule has 0 spiro atoms. The summed E-state index contributed by atoms with van der Waals surface area (Å²) in [6.45, 7) is 1.72. The molecule has 0 N–H and O–H groups in total. The van der Waals surface area contributed by atoms with E-state index in [1.54, 1.807) is 6.92 Å². The molecule has 1 aromatic rings. The number of anilines is 1. The van der Waals surface area contributed by atoms with E-state index in [1.165, 1.54) is 11.9 Å². The molecule has 0 amide bonds. The van der Waals surface area contributed by atoms with Gasteiger partial charge in [-0.05, 0) is 13.0 Å². The van der Waals surface area contributed by atoms with Gasteiger partial charge in [0.1, 0.15) is 5.69 Å². The summed E-state index contributed by atoms with van der Waals surface area (Å²) in [6, 6.07) is 3.24. The lowest BCUT2D eigenvalue weighted by atomic mass is 10.1. The van der Waals surface area contributed by atoms with Crippen molar-refractivity contribution in [3.05, 3.63) is 32.8 Å². The molecule has 0 unspecified atom stereocenters. The molecule has 0 aliphatic carbocycles. The van der Waals surface area contributed by atoms with Crippen LogP contribution in [-0.2, 0) is 6.18 Å². The lowest BCUT2D eigenvalue weighted by Crippen LogP contribution is -2.24. The predicted molar refractivity (Wildman–Crippen MR) is 71.2 cm³/mol. The second-order valence-electron chi connectivity index (χ2n) is 4.49. The smallest absolute Gasteiger partial charge is 0.368 e. The summed E-state index contributed by atoms with van der Waals surface area (Å²) in [6.07, 6.45) is -4.78. The number of benzene rings is 1. The maximum absolute atomic E-state index is 12.7. The lowest BCUT2D eigenvalue weighted by molar-refractivity contribution is -0.384. The number of nitriles is 1. The standard InChI is InChI=1S/C12H11ClF3N3O2/c1-7(5-17)6-18(2)10-4-9(13)8(12(14,15)16)3-11(10)19(20)21/h3-4,7H,6H2,1-2H3/t7-/m1/s1. The first-order chi connectivity index (χ1) is 9.57. The maximum atomic E-state index is 12.7. The van der Waals surface area contributed by atoms with Crippen molar-refractivity contribution in [2.45, 2.75) is 13.1 Å². The van der Waals surface area contributed by atoms with Gasteiger partial charge in [-0.3, -0.25) is 10.1 Å². The molecule has 0 saturated carbocycles. The van der Waals surface area contributed by atoms with Crippen LogP contribution in [0.1, 0.15) is 12.5 Å². The zero-order chi connectivity index (χ0) is 16.4. The second kappa shape index (κ2) is 6.18. The first-order valence-electron chi connectivity index (χ1n) is 5.73. The van der Waals surface area contributed by atoms with E-state index in [4.69, 9.17) is 16.9 Å². The van der Waals surface area contributed by atoms with E-state index >= 15 is 0 Å². The zero-order valence-electron chi connectivity index (χ0n) is 11.1. The van der Waals surface area contributed by atoms with Gasteiger partial charge in [0.05, 0.1) is 27.5 Å². The fourth-order valence-electron chi connectivity index (χ4n) is 1.77. The van der Waals surface area contributed by atoms with Crippen LogP contribution in [0.4, 0.5) is 24.5 Å². The van der Waals surface area contributed by atoms with Crippen LogP contribution in [0.5, 0.6) is 0 Å². The number of halogens is 4. The summed E-state index contributed by atoms with van der Waals surface area (Å²) < 4.78 is 38.2. The van der Waals surface area contributed by atoms with E-state index < -0.39 is 33.3 Å². The summed E-state index contributed by atoms with van der Waals surface area (Å²) in [5, 5.41) is 19.1. The van der Waals surface area contributed by atoms with Crippen molar-refractivity contribution < 1.29 is 18.1 Å². The minimum atomic E-state index is -4.78. The quantitative estimate of drug-likeness (QED) is 0.623. The molecule has 21 heavy (non-hydrogen) atoms. The highest BCUT2D eigenvalue weighted by molar-refractivity contribution is 6.31. The van der Waals surface area contributed by atoms with Gasteiger partial charge in [0.15, 0.2) is 0 Å². The average Bonchev–Trinajstić information content (AvgIpc) is 2.36. The van der Waals surface area contributed by atoms with E-state index in [-0.39, 0.29) is 12.2 Å². The molecule has 0 radical (unpaired) electrons. The van der Waals surface area contributed by atoms with Gasteiger partial charge in [-0.2, -0.15) is 18.4 Å². The largest absolute Gasteiger partial charge is 0.418 e. The molecule has 1 rings (SSSR count). The fraction of sp³-hybridized carbons (Fsp3) is 0.417. The molecular formula is C12H11ClF3N3O2. The van der Waals surface area contributed by atoms with Crippen molar-refractivity contribution in [3.63, 3.8) is 0 Å². The summed E-state index contributed by atoms with van der Waals surface area (Å²) in [5.41, 5.74) is -2.04. The van der Waals surface area contributed by atoms with E-state index in [1.807, 2.05) is 6.07 Å². The number of nitrogens with zero attached hydrogens (tertiary/aromatic N) is 3. The summed E-state index contributed by atoms with van der Waals surface area (Å²) >= 11 is 5.57. The van der Waals surface area contributed by atoms with Crippen molar-refractivity contribution >= 4 is 23.0 Å². The molecule has 0 aliphatic heterocycles. The van der Waals surface area contributed by atoms with Crippen molar-refractivity contribution in [2.24, 2.45) is 5.92 Å². The topological polar surface area (TPSA) is 70.2 Å². The summed E-state index contributed by atoms with van der Waals surface area (Å²) in [4.78, 5) is 11.4. The van der Waals surface area contributed by atoms with Crippen LogP contribution in [0.15, 0.2) is 12.1 Å². The molecule has 0 aliphatic rings. The van der Waals surface area contributed by atoms with Gasteiger partial charge in [-0.1, -0.05) is 11.6 Å². The Hall–Kier alpha value is -2.01. The van der Waals surface area contributed by atoms with E-state index in [0.29, 0.717) is 6.07 Å².